The Morgan fingerprint density at radius 2 is 0.679 bits per heavy atom. The summed E-state index contributed by atoms with van der Waals surface area (Å²) in [5.41, 5.74) is 0. The third-order valence-electron chi connectivity index (χ3n) is 3.70. The van der Waals surface area contributed by atoms with E-state index in [2.05, 4.69) is 20.8 Å². The molecular formula is C21H39BO6. The number of carbonyl (C=O) groups excluding carboxylic acids is 3. The molecule has 0 bridgehead atoms. The fraction of sp³-hybridized carbons (Fsp3) is 0.857. The summed E-state index contributed by atoms with van der Waals surface area (Å²) in [6, 6.07) is 0. The molecule has 7 heteroatoms. The largest absolute Gasteiger partial charge is 3.00 e. The average Bonchev–Trinajstić information content (AvgIpc) is 2.60. The summed E-state index contributed by atoms with van der Waals surface area (Å²) in [4.78, 5) is 29.6. The zero-order valence-corrected chi connectivity index (χ0v) is 18.1. The molecule has 0 amide bonds. The predicted octanol–water partition coefficient (Wildman–Crippen LogP) is 1.74. The van der Waals surface area contributed by atoms with Crippen LogP contribution in [-0.2, 0) is 14.4 Å². The second kappa shape index (κ2) is 30.2. The number of unbranched alkanes of at least 4 members (excludes halogenated alkanes) is 9. The maximum absolute atomic E-state index is 9.85. The van der Waals surface area contributed by atoms with Crippen LogP contribution in [0, 0.1) is 0 Å². The normalized spacial score (nSPS) is 9.11. The molecule has 0 saturated carbocycles. The molecule has 0 aromatic heterocycles. The van der Waals surface area contributed by atoms with Gasteiger partial charge in [0.05, 0.1) is 0 Å². The molecule has 0 spiro atoms. The van der Waals surface area contributed by atoms with Crippen LogP contribution in [-0.4, -0.2) is 26.3 Å². The van der Waals surface area contributed by atoms with Crippen molar-refractivity contribution in [1.82, 2.24) is 0 Å². The summed E-state index contributed by atoms with van der Waals surface area (Å²) >= 11 is 0. The van der Waals surface area contributed by atoms with Crippen LogP contribution in [0.4, 0.5) is 0 Å². The second-order valence-electron chi connectivity index (χ2n) is 6.55. The molecule has 0 unspecified atom stereocenters. The molecule has 0 N–H and O–H groups in total. The van der Waals surface area contributed by atoms with E-state index in [0.717, 1.165) is 77.0 Å². The first-order valence-electron chi connectivity index (χ1n) is 10.4. The van der Waals surface area contributed by atoms with Crippen molar-refractivity contribution in [3.05, 3.63) is 0 Å². The molecule has 162 valence electrons. The van der Waals surface area contributed by atoms with E-state index >= 15 is 0 Å². The van der Waals surface area contributed by atoms with Crippen LogP contribution in [0.5, 0.6) is 0 Å². The minimum atomic E-state index is -0.925. The van der Waals surface area contributed by atoms with E-state index in [-0.39, 0.29) is 27.7 Å². The van der Waals surface area contributed by atoms with Crippen LogP contribution in [0.25, 0.3) is 0 Å². The molecule has 0 heterocycles. The maximum Gasteiger partial charge on any atom is 3.00 e. The van der Waals surface area contributed by atoms with Gasteiger partial charge in [-0.15, -0.1) is 0 Å². The number of aliphatic carboxylic acids is 3. The van der Waals surface area contributed by atoms with Gasteiger partial charge in [0.1, 0.15) is 0 Å². The van der Waals surface area contributed by atoms with Gasteiger partial charge in [0.15, 0.2) is 0 Å². The molecule has 0 radical (unpaired) electrons. The average molecular weight is 398 g/mol. The van der Waals surface area contributed by atoms with Gasteiger partial charge in [-0.25, -0.2) is 0 Å². The molecule has 0 aliphatic heterocycles. The smallest absolute Gasteiger partial charge is 0.550 e. The van der Waals surface area contributed by atoms with Gasteiger partial charge in [-0.1, -0.05) is 78.6 Å². The van der Waals surface area contributed by atoms with Gasteiger partial charge in [-0.2, -0.15) is 0 Å². The number of hydrogen-bond acceptors (Lipinski definition) is 6. The Bertz CT molecular complexity index is 295. The fourth-order valence-corrected chi connectivity index (χ4v) is 2.09. The predicted molar refractivity (Wildman–Crippen MR) is 107 cm³/mol. The van der Waals surface area contributed by atoms with Crippen molar-refractivity contribution >= 4 is 26.3 Å². The van der Waals surface area contributed by atoms with Crippen molar-refractivity contribution in [2.45, 2.75) is 117 Å². The number of carboxylic acids is 3. The molecule has 0 rings (SSSR count). The molecule has 28 heavy (non-hydrogen) atoms. The van der Waals surface area contributed by atoms with E-state index in [1.165, 1.54) is 0 Å². The van der Waals surface area contributed by atoms with E-state index < -0.39 is 17.9 Å². The van der Waals surface area contributed by atoms with Crippen molar-refractivity contribution in [3.8, 4) is 0 Å². The first-order valence-corrected chi connectivity index (χ1v) is 10.4. The van der Waals surface area contributed by atoms with Gasteiger partial charge in [0.25, 0.3) is 0 Å². The molecule has 0 atom stereocenters. The van der Waals surface area contributed by atoms with E-state index in [4.69, 9.17) is 0 Å². The van der Waals surface area contributed by atoms with Crippen LogP contribution in [0.2, 0.25) is 0 Å². The van der Waals surface area contributed by atoms with Crippen LogP contribution in [0.15, 0.2) is 0 Å². The quantitative estimate of drug-likeness (QED) is 0.306. The Labute approximate surface area is 173 Å². The number of hydrogen-bond donors (Lipinski definition) is 0. The summed E-state index contributed by atoms with van der Waals surface area (Å²) in [7, 11) is 0. The Morgan fingerprint density at radius 1 is 0.464 bits per heavy atom. The SMILES string of the molecule is CCCCCCC(=O)[O-].CCCCCCC(=O)[O-].CCCCCCC(=O)[O-].[B+3]. The van der Waals surface area contributed by atoms with Gasteiger partial charge in [-0.05, 0) is 38.5 Å². The fourth-order valence-electron chi connectivity index (χ4n) is 2.09. The molecule has 0 aromatic carbocycles. The van der Waals surface area contributed by atoms with Gasteiger partial charge in [0.2, 0.25) is 0 Å². The van der Waals surface area contributed by atoms with E-state index in [9.17, 15) is 29.7 Å². The second-order valence-corrected chi connectivity index (χ2v) is 6.55. The Balaban J connectivity index is -0.000000152. The standard InChI is InChI=1S/3C7H14O2.B/c3*1-2-3-4-5-6-7(8)9;/h3*2-6H2,1H3,(H,8,9);/q;;;+3/p-3. The Kier molecular flexibility index (Phi) is 36.7. The minimum absolute atomic E-state index is 0. The molecular weight excluding hydrogens is 359 g/mol. The monoisotopic (exact) mass is 398 g/mol. The third-order valence-corrected chi connectivity index (χ3v) is 3.70. The van der Waals surface area contributed by atoms with Crippen molar-refractivity contribution < 1.29 is 29.7 Å². The molecule has 0 aliphatic carbocycles. The topological polar surface area (TPSA) is 120 Å². The van der Waals surface area contributed by atoms with Crippen LogP contribution in [0.1, 0.15) is 117 Å². The molecule has 0 aliphatic rings. The zero-order valence-electron chi connectivity index (χ0n) is 18.1. The van der Waals surface area contributed by atoms with Crippen LogP contribution in [0.3, 0.4) is 0 Å². The van der Waals surface area contributed by atoms with Crippen molar-refractivity contribution in [1.29, 1.82) is 0 Å². The summed E-state index contributed by atoms with van der Waals surface area (Å²) in [5.74, 6) is -2.77. The first-order chi connectivity index (χ1) is 12.8. The third kappa shape index (κ3) is 49.7. The molecule has 0 aromatic rings. The summed E-state index contributed by atoms with van der Waals surface area (Å²) in [6.07, 6.45) is 12.9. The number of carboxylic acid groups (broad SMARTS) is 3. The van der Waals surface area contributed by atoms with E-state index in [1.807, 2.05) is 0 Å². The van der Waals surface area contributed by atoms with Gasteiger partial charge in [-0.3, -0.25) is 0 Å². The van der Waals surface area contributed by atoms with Gasteiger partial charge in [0, 0.05) is 17.9 Å². The molecule has 0 fully saturated rings. The molecule has 0 saturated heterocycles. The maximum atomic E-state index is 9.85. The summed E-state index contributed by atoms with van der Waals surface area (Å²) in [5, 5.41) is 29.6. The molecule has 6 nitrogen and oxygen atoms in total. The van der Waals surface area contributed by atoms with Gasteiger partial charge < -0.3 is 29.7 Å². The number of rotatable bonds is 15. The van der Waals surface area contributed by atoms with E-state index in [0.29, 0.717) is 0 Å². The van der Waals surface area contributed by atoms with Crippen molar-refractivity contribution in [2.75, 3.05) is 0 Å². The van der Waals surface area contributed by atoms with Gasteiger partial charge >= 0.3 is 8.41 Å². The Hall–Kier alpha value is -1.53. The first kappa shape index (κ1) is 34.0. The van der Waals surface area contributed by atoms with Crippen LogP contribution >= 0.6 is 0 Å². The van der Waals surface area contributed by atoms with E-state index in [1.54, 1.807) is 0 Å². The number of carbonyl (C=O) groups is 3. The minimum Gasteiger partial charge on any atom is -0.550 e. The summed E-state index contributed by atoms with van der Waals surface area (Å²) < 4.78 is 0. The van der Waals surface area contributed by atoms with Crippen molar-refractivity contribution in [2.24, 2.45) is 0 Å². The van der Waals surface area contributed by atoms with Crippen LogP contribution < -0.4 is 15.3 Å². The Morgan fingerprint density at radius 3 is 0.821 bits per heavy atom. The summed E-state index contributed by atoms with van der Waals surface area (Å²) in [6.45, 7) is 6.29. The zero-order chi connectivity index (χ0) is 21.3. The van der Waals surface area contributed by atoms with Crippen molar-refractivity contribution in [3.63, 3.8) is 0 Å².